The van der Waals surface area contributed by atoms with E-state index >= 15 is 0 Å². The maximum atomic E-state index is 13.2. The van der Waals surface area contributed by atoms with Gasteiger partial charge >= 0.3 is 0 Å². The zero-order chi connectivity index (χ0) is 18.9. The van der Waals surface area contributed by atoms with Crippen molar-refractivity contribution in [1.82, 2.24) is 14.7 Å². The van der Waals surface area contributed by atoms with Crippen molar-refractivity contribution in [3.05, 3.63) is 47.3 Å². The molecule has 2 N–H and O–H groups in total. The van der Waals surface area contributed by atoms with Crippen molar-refractivity contribution < 1.29 is 4.79 Å². The van der Waals surface area contributed by atoms with Gasteiger partial charge in [0.15, 0.2) is 0 Å². The summed E-state index contributed by atoms with van der Waals surface area (Å²) in [5, 5.41) is 4.78. The van der Waals surface area contributed by atoms with Crippen LogP contribution in [0.15, 0.2) is 30.5 Å². The Balaban J connectivity index is 1.92. The molecule has 140 valence electrons. The highest BCUT2D eigenvalue weighted by atomic mass is 16.2. The van der Waals surface area contributed by atoms with Crippen molar-refractivity contribution in [1.29, 1.82) is 0 Å². The van der Waals surface area contributed by atoms with Gasteiger partial charge in [0.25, 0.3) is 5.91 Å². The first-order chi connectivity index (χ1) is 12.3. The second-order valence-corrected chi connectivity index (χ2v) is 8.39. The van der Waals surface area contributed by atoms with E-state index in [4.69, 9.17) is 10.8 Å². The average Bonchev–Trinajstić information content (AvgIpc) is 3.07. The quantitative estimate of drug-likeness (QED) is 0.920. The molecule has 2 aromatic rings. The van der Waals surface area contributed by atoms with Crippen LogP contribution in [0.1, 0.15) is 55.2 Å². The monoisotopic (exact) mass is 354 g/mol. The fraction of sp³-hybridized carbons (Fsp3) is 0.524. The first kappa shape index (κ1) is 18.6. The molecule has 0 radical (unpaired) electrons. The van der Waals surface area contributed by atoms with Gasteiger partial charge in [0.2, 0.25) is 0 Å². The second-order valence-electron chi connectivity index (χ2n) is 8.39. The molecule has 0 aliphatic carbocycles. The molecule has 1 amide bonds. The highest BCUT2D eigenvalue weighted by molar-refractivity contribution is 5.95. The standard InChI is InChI=1S/C21H30N4O/c1-15-5-7-17(8-6-15)25-14-18(19(23-25)21(2,3)4)20(26)24-11-9-16(13-22)10-12-24/h5-8,14,16H,9-13,22H2,1-4H3. The third-order valence-electron chi connectivity index (χ3n) is 5.19. The molecule has 5 nitrogen and oxygen atoms in total. The van der Waals surface area contributed by atoms with E-state index in [1.54, 1.807) is 0 Å². The Bertz CT molecular complexity index is 762. The van der Waals surface area contributed by atoms with Crippen LogP contribution in [0.3, 0.4) is 0 Å². The van der Waals surface area contributed by atoms with Crippen LogP contribution in [0.25, 0.3) is 5.69 Å². The summed E-state index contributed by atoms with van der Waals surface area (Å²) in [6, 6.07) is 8.20. The SMILES string of the molecule is Cc1ccc(-n2cc(C(=O)N3CCC(CN)CC3)c(C(C)(C)C)n2)cc1. The van der Waals surface area contributed by atoms with Gasteiger partial charge in [-0.1, -0.05) is 38.5 Å². The molecule has 0 saturated carbocycles. The third kappa shape index (κ3) is 3.83. The summed E-state index contributed by atoms with van der Waals surface area (Å²) in [5.41, 5.74) is 9.32. The molecule has 0 bridgehead atoms. The molecule has 3 rings (SSSR count). The fourth-order valence-corrected chi connectivity index (χ4v) is 3.46. The van der Waals surface area contributed by atoms with E-state index in [1.165, 1.54) is 5.56 Å². The van der Waals surface area contributed by atoms with E-state index in [0.29, 0.717) is 18.0 Å². The highest BCUT2D eigenvalue weighted by Crippen LogP contribution is 2.28. The maximum absolute atomic E-state index is 13.2. The van der Waals surface area contributed by atoms with Crippen molar-refractivity contribution in [3.63, 3.8) is 0 Å². The Kier molecular flexibility index (Phi) is 5.19. The first-order valence-corrected chi connectivity index (χ1v) is 9.46. The molecule has 0 unspecified atom stereocenters. The van der Waals surface area contributed by atoms with Crippen LogP contribution >= 0.6 is 0 Å². The molecule has 1 aliphatic heterocycles. The number of nitrogens with two attached hydrogens (primary N) is 1. The van der Waals surface area contributed by atoms with Crippen LogP contribution in [0, 0.1) is 12.8 Å². The number of carbonyl (C=O) groups is 1. The van der Waals surface area contributed by atoms with E-state index in [-0.39, 0.29) is 11.3 Å². The summed E-state index contributed by atoms with van der Waals surface area (Å²) in [6.07, 6.45) is 3.86. The van der Waals surface area contributed by atoms with Crippen LogP contribution in [-0.2, 0) is 5.41 Å². The Morgan fingerprint density at radius 3 is 2.35 bits per heavy atom. The van der Waals surface area contributed by atoms with E-state index in [2.05, 4.69) is 39.8 Å². The molecule has 0 spiro atoms. The van der Waals surface area contributed by atoms with Crippen molar-refractivity contribution in [2.75, 3.05) is 19.6 Å². The van der Waals surface area contributed by atoms with Crippen molar-refractivity contribution >= 4 is 5.91 Å². The van der Waals surface area contributed by atoms with Gasteiger partial charge in [-0.3, -0.25) is 4.79 Å². The second kappa shape index (κ2) is 7.23. The first-order valence-electron chi connectivity index (χ1n) is 9.46. The van der Waals surface area contributed by atoms with Gasteiger partial charge in [-0.2, -0.15) is 5.10 Å². The van der Waals surface area contributed by atoms with Gasteiger partial charge in [0.05, 0.1) is 16.9 Å². The molecule has 0 atom stereocenters. The van der Waals surface area contributed by atoms with E-state index in [0.717, 1.165) is 37.3 Å². The topological polar surface area (TPSA) is 64.2 Å². The summed E-state index contributed by atoms with van der Waals surface area (Å²) < 4.78 is 1.83. The lowest BCUT2D eigenvalue weighted by Gasteiger charge is -2.31. The van der Waals surface area contributed by atoms with Crippen LogP contribution in [-0.4, -0.2) is 40.2 Å². The molecule has 1 aliphatic rings. The molecule has 1 aromatic heterocycles. The molecule has 1 fully saturated rings. The van der Waals surface area contributed by atoms with Crippen LogP contribution in [0.5, 0.6) is 0 Å². The maximum Gasteiger partial charge on any atom is 0.257 e. The normalized spacial score (nSPS) is 16.1. The predicted octanol–water partition coefficient (Wildman–Crippen LogP) is 3.29. The number of hydrogen-bond acceptors (Lipinski definition) is 3. The number of amides is 1. The van der Waals surface area contributed by atoms with Gasteiger partial charge in [0, 0.05) is 24.7 Å². The van der Waals surface area contributed by atoms with Crippen molar-refractivity contribution in [2.45, 2.75) is 46.0 Å². The Morgan fingerprint density at radius 2 is 1.81 bits per heavy atom. The zero-order valence-electron chi connectivity index (χ0n) is 16.3. The Labute approximate surface area is 156 Å². The average molecular weight is 354 g/mol. The number of hydrogen-bond donors (Lipinski definition) is 1. The molecular formula is C21H30N4O. The van der Waals surface area contributed by atoms with Gasteiger partial charge in [-0.15, -0.1) is 0 Å². The van der Waals surface area contributed by atoms with Crippen molar-refractivity contribution in [3.8, 4) is 5.69 Å². The summed E-state index contributed by atoms with van der Waals surface area (Å²) in [6.45, 7) is 10.6. The number of aryl methyl sites for hydroxylation is 1. The van der Waals surface area contributed by atoms with Gasteiger partial charge in [-0.05, 0) is 44.4 Å². The van der Waals surface area contributed by atoms with Gasteiger partial charge in [-0.25, -0.2) is 4.68 Å². The minimum absolute atomic E-state index is 0.0868. The highest BCUT2D eigenvalue weighted by Gasteiger charge is 2.30. The summed E-state index contributed by atoms with van der Waals surface area (Å²) in [7, 11) is 0. The lowest BCUT2D eigenvalue weighted by atomic mass is 9.89. The van der Waals surface area contributed by atoms with Crippen LogP contribution in [0.2, 0.25) is 0 Å². The molecule has 1 saturated heterocycles. The van der Waals surface area contributed by atoms with Gasteiger partial charge < -0.3 is 10.6 Å². The van der Waals surface area contributed by atoms with Crippen LogP contribution < -0.4 is 5.73 Å². The molecule has 1 aromatic carbocycles. The predicted molar refractivity (Wildman–Crippen MR) is 105 cm³/mol. The number of rotatable bonds is 3. The van der Waals surface area contributed by atoms with Crippen molar-refractivity contribution in [2.24, 2.45) is 11.7 Å². The number of piperidine rings is 1. The lowest BCUT2D eigenvalue weighted by molar-refractivity contribution is 0.0691. The molecule has 26 heavy (non-hydrogen) atoms. The van der Waals surface area contributed by atoms with Gasteiger partial charge in [0.1, 0.15) is 0 Å². The fourth-order valence-electron chi connectivity index (χ4n) is 3.46. The summed E-state index contributed by atoms with van der Waals surface area (Å²) >= 11 is 0. The number of aromatic nitrogens is 2. The minimum Gasteiger partial charge on any atom is -0.339 e. The lowest BCUT2D eigenvalue weighted by Crippen LogP contribution is -2.40. The Hall–Kier alpha value is -2.14. The third-order valence-corrected chi connectivity index (χ3v) is 5.19. The number of likely N-dealkylation sites (tertiary alicyclic amines) is 1. The van der Waals surface area contributed by atoms with E-state index in [9.17, 15) is 4.79 Å². The van der Waals surface area contributed by atoms with E-state index in [1.807, 2.05) is 27.9 Å². The molecule has 2 heterocycles. The Morgan fingerprint density at radius 1 is 1.19 bits per heavy atom. The smallest absolute Gasteiger partial charge is 0.257 e. The summed E-state index contributed by atoms with van der Waals surface area (Å²) in [5.74, 6) is 0.625. The number of nitrogens with zero attached hydrogens (tertiary/aromatic N) is 3. The number of benzene rings is 1. The minimum atomic E-state index is -0.198. The number of carbonyl (C=O) groups excluding carboxylic acids is 1. The van der Waals surface area contributed by atoms with Crippen LogP contribution in [0.4, 0.5) is 0 Å². The summed E-state index contributed by atoms with van der Waals surface area (Å²) in [4.78, 5) is 15.2. The van der Waals surface area contributed by atoms with E-state index < -0.39 is 0 Å². The largest absolute Gasteiger partial charge is 0.339 e. The molecule has 5 heteroatoms. The molecular weight excluding hydrogens is 324 g/mol. The zero-order valence-corrected chi connectivity index (χ0v) is 16.3.